The predicted molar refractivity (Wildman–Crippen MR) is 92.8 cm³/mol. The van der Waals surface area contributed by atoms with Gasteiger partial charge in [0.2, 0.25) is 0 Å². The first-order valence-corrected chi connectivity index (χ1v) is 7.89. The Labute approximate surface area is 138 Å². The van der Waals surface area contributed by atoms with Crippen molar-refractivity contribution in [1.82, 2.24) is 10.3 Å². The fraction of sp³-hybridized carbons (Fsp3) is 0.421. The van der Waals surface area contributed by atoms with E-state index in [9.17, 15) is 4.79 Å². The van der Waals surface area contributed by atoms with Gasteiger partial charge in [0, 0.05) is 19.3 Å². The minimum absolute atomic E-state index is 0.340. The number of aromatic nitrogens is 1. The van der Waals surface area contributed by atoms with Crippen LogP contribution >= 0.6 is 0 Å². The summed E-state index contributed by atoms with van der Waals surface area (Å²) in [5.74, 6) is -0.340. The Bertz CT molecular complexity index is 700. The van der Waals surface area contributed by atoms with Gasteiger partial charge in [-0.2, -0.15) is 0 Å². The molecule has 0 amide bonds. The number of carbonyl (C=O) groups is 1. The number of hydrogen-bond acceptors (Lipinski definition) is 3. The molecule has 1 heterocycles. The first-order valence-electron chi connectivity index (χ1n) is 7.89. The SMILES string of the molecule is COC(=O)c1cc(CNCc2c(C)c(C)c(C)c(C)c2C)c[nH]1. The number of esters is 1. The Kier molecular flexibility index (Phi) is 5.26. The van der Waals surface area contributed by atoms with E-state index in [0.717, 1.165) is 12.1 Å². The molecule has 1 aromatic heterocycles. The molecule has 2 rings (SSSR count). The highest BCUT2D eigenvalue weighted by Crippen LogP contribution is 2.25. The van der Waals surface area contributed by atoms with Crippen LogP contribution in [0.15, 0.2) is 12.3 Å². The standard InChI is InChI=1S/C19H26N2O2/c1-11-12(2)14(4)17(15(5)13(11)3)10-20-8-16-7-18(21-9-16)19(22)23-6/h7,9,20-21H,8,10H2,1-6H3. The summed E-state index contributed by atoms with van der Waals surface area (Å²) in [6.07, 6.45) is 1.84. The van der Waals surface area contributed by atoms with E-state index in [1.807, 2.05) is 12.3 Å². The molecule has 124 valence electrons. The van der Waals surface area contributed by atoms with E-state index in [2.05, 4.69) is 44.9 Å². The normalized spacial score (nSPS) is 10.9. The van der Waals surface area contributed by atoms with Crippen molar-refractivity contribution in [2.75, 3.05) is 7.11 Å². The van der Waals surface area contributed by atoms with Gasteiger partial charge >= 0.3 is 5.97 Å². The zero-order chi connectivity index (χ0) is 17.1. The fourth-order valence-electron chi connectivity index (χ4n) is 2.94. The van der Waals surface area contributed by atoms with Gasteiger partial charge in [-0.15, -0.1) is 0 Å². The lowest BCUT2D eigenvalue weighted by Gasteiger charge is -2.19. The van der Waals surface area contributed by atoms with Crippen molar-refractivity contribution in [3.05, 3.63) is 56.9 Å². The van der Waals surface area contributed by atoms with E-state index in [0.29, 0.717) is 12.2 Å². The summed E-state index contributed by atoms with van der Waals surface area (Å²) in [5, 5.41) is 3.47. The van der Waals surface area contributed by atoms with Crippen LogP contribution in [0.4, 0.5) is 0 Å². The Morgan fingerprint density at radius 2 is 1.57 bits per heavy atom. The quantitative estimate of drug-likeness (QED) is 0.829. The summed E-state index contributed by atoms with van der Waals surface area (Å²) in [6, 6.07) is 1.82. The van der Waals surface area contributed by atoms with Gasteiger partial charge in [-0.05, 0) is 79.6 Å². The smallest absolute Gasteiger partial charge is 0.354 e. The van der Waals surface area contributed by atoms with Gasteiger partial charge in [0.25, 0.3) is 0 Å². The third-order valence-electron chi connectivity index (χ3n) is 4.93. The van der Waals surface area contributed by atoms with E-state index in [4.69, 9.17) is 4.74 Å². The van der Waals surface area contributed by atoms with Crippen molar-refractivity contribution in [1.29, 1.82) is 0 Å². The van der Waals surface area contributed by atoms with Gasteiger partial charge in [-0.1, -0.05) is 0 Å². The van der Waals surface area contributed by atoms with Gasteiger partial charge in [-0.3, -0.25) is 0 Å². The number of methoxy groups -OCH3 is 1. The maximum Gasteiger partial charge on any atom is 0.354 e. The van der Waals surface area contributed by atoms with Gasteiger partial charge < -0.3 is 15.0 Å². The van der Waals surface area contributed by atoms with Crippen LogP contribution in [0.5, 0.6) is 0 Å². The zero-order valence-electron chi connectivity index (χ0n) is 14.9. The third-order valence-corrected chi connectivity index (χ3v) is 4.93. The highest BCUT2D eigenvalue weighted by molar-refractivity contribution is 5.87. The summed E-state index contributed by atoms with van der Waals surface area (Å²) >= 11 is 0. The second kappa shape index (κ2) is 7.01. The van der Waals surface area contributed by atoms with Gasteiger partial charge in [0.15, 0.2) is 0 Å². The molecule has 4 nitrogen and oxygen atoms in total. The van der Waals surface area contributed by atoms with Crippen molar-refractivity contribution in [2.24, 2.45) is 0 Å². The summed E-state index contributed by atoms with van der Waals surface area (Å²) in [7, 11) is 1.38. The summed E-state index contributed by atoms with van der Waals surface area (Å²) < 4.78 is 4.70. The first-order chi connectivity index (χ1) is 10.9. The lowest BCUT2D eigenvalue weighted by molar-refractivity contribution is 0.0595. The van der Waals surface area contributed by atoms with Crippen LogP contribution in [-0.4, -0.2) is 18.1 Å². The van der Waals surface area contributed by atoms with E-state index in [1.54, 1.807) is 0 Å². The van der Waals surface area contributed by atoms with Crippen LogP contribution < -0.4 is 5.32 Å². The molecule has 1 aromatic carbocycles. The van der Waals surface area contributed by atoms with E-state index >= 15 is 0 Å². The van der Waals surface area contributed by atoms with Crippen molar-refractivity contribution in [3.63, 3.8) is 0 Å². The largest absolute Gasteiger partial charge is 0.464 e. The van der Waals surface area contributed by atoms with Crippen molar-refractivity contribution < 1.29 is 9.53 Å². The van der Waals surface area contributed by atoms with Crippen LogP contribution in [0.25, 0.3) is 0 Å². The van der Waals surface area contributed by atoms with Crippen LogP contribution in [-0.2, 0) is 17.8 Å². The number of aromatic amines is 1. The molecule has 0 aliphatic rings. The molecule has 0 aliphatic carbocycles. The lowest BCUT2D eigenvalue weighted by atomic mass is 9.89. The van der Waals surface area contributed by atoms with E-state index < -0.39 is 0 Å². The van der Waals surface area contributed by atoms with E-state index in [-0.39, 0.29) is 5.97 Å². The Hall–Kier alpha value is -2.07. The van der Waals surface area contributed by atoms with Crippen molar-refractivity contribution in [3.8, 4) is 0 Å². The maximum atomic E-state index is 11.4. The molecule has 0 fully saturated rings. The van der Waals surface area contributed by atoms with Crippen LogP contribution in [0, 0.1) is 34.6 Å². The number of nitrogens with one attached hydrogen (secondary N) is 2. The van der Waals surface area contributed by atoms with Crippen molar-refractivity contribution >= 4 is 5.97 Å². The summed E-state index contributed by atoms with van der Waals surface area (Å²) in [4.78, 5) is 14.4. The Balaban J connectivity index is 2.07. The second-order valence-corrected chi connectivity index (χ2v) is 6.12. The van der Waals surface area contributed by atoms with Crippen LogP contribution in [0.1, 0.15) is 49.4 Å². The molecule has 0 saturated carbocycles. The summed E-state index contributed by atoms with van der Waals surface area (Å²) in [5.41, 5.74) is 9.76. The zero-order valence-corrected chi connectivity index (χ0v) is 14.9. The highest BCUT2D eigenvalue weighted by atomic mass is 16.5. The number of ether oxygens (including phenoxy) is 1. The minimum atomic E-state index is -0.340. The fourth-order valence-corrected chi connectivity index (χ4v) is 2.94. The first kappa shape index (κ1) is 17.3. The molecule has 0 aliphatic heterocycles. The molecule has 4 heteroatoms. The van der Waals surface area contributed by atoms with Crippen molar-refractivity contribution in [2.45, 2.75) is 47.7 Å². The number of rotatable bonds is 5. The third kappa shape index (κ3) is 3.48. The minimum Gasteiger partial charge on any atom is -0.464 e. The number of carbonyl (C=O) groups excluding carboxylic acids is 1. The van der Waals surface area contributed by atoms with E-state index in [1.165, 1.54) is 40.5 Å². The molecule has 23 heavy (non-hydrogen) atoms. The molecule has 0 unspecified atom stereocenters. The molecule has 2 N–H and O–H groups in total. The average molecular weight is 314 g/mol. The van der Waals surface area contributed by atoms with Crippen LogP contribution in [0.2, 0.25) is 0 Å². The monoisotopic (exact) mass is 314 g/mol. The summed E-state index contributed by atoms with van der Waals surface area (Å²) in [6.45, 7) is 12.5. The van der Waals surface area contributed by atoms with Gasteiger partial charge in [0.1, 0.15) is 5.69 Å². The Morgan fingerprint density at radius 3 is 2.13 bits per heavy atom. The second-order valence-electron chi connectivity index (χ2n) is 6.12. The number of hydrogen-bond donors (Lipinski definition) is 2. The maximum absolute atomic E-state index is 11.4. The van der Waals surface area contributed by atoms with Gasteiger partial charge in [0.05, 0.1) is 7.11 Å². The molecule has 0 radical (unpaired) electrons. The molecule has 0 bridgehead atoms. The lowest BCUT2D eigenvalue weighted by Crippen LogP contribution is -2.15. The molecule has 0 saturated heterocycles. The molecular weight excluding hydrogens is 288 g/mol. The predicted octanol–water partition coefficient (Wildman–Crippen LogP) is 3.63. The topological polar surface area (TPSA) is 54.1 Å². The molecule has 0 atom stereocenters. The Morgan fingerprint density at radius 1 is 1.00 bits per heavy atom. The molecule has 2 aromatic rings. The van der Waals surface area contributed by atoms with Gasteiger partial charge in [-0.25, -0.2) is 4.79 Å². The number of H-pyrrole nitrogens is 1. The molecular formula is C19H26N2O2. The number of benzene rings is 1. The highest BCUT2D eigenvalue weighted by Gasteiger charge is 2.12. The van der Waals surface area contributed by atoms with Crippen LogP contribution in [0.3, 0.4) is 0 Å². The average Bonchev–Trinajstić information content (AvgIpc) is 3.02. The molecule has 0 spiro atoms.